The fourth-order valence-electron chi connectivity index (χ4n) is 5.41. The zero-order chi connectivity index (χ0) is 25.2. The number of benzene rings is 3. The van der Waals surface area contributed by atoms with Crippen molar-refractivity contribution in [2.45, 2.75) is 18.5 Å². The molecule has 1 saturated heterocycles. The molecule has 6 nitrogen and oxygen atoms in total. The molecule has 36 heavy (non-hydrogen) atoms. The summed E-state index contributed by atoms with van der Waals surface area (Å²) in [4.78, 5) is 17.4. The van der Waals surface area contributed by atoms with Crippen LogP contribution in [0.1, 0.15) is 29.2 Å². The maximum Gasteiger partial charge on any atom is 0.322 e. The van der Waals surface area contributed by atoms with Crippen LogP contribution in [0.25, 0.3) is 0 Å². The van der Waals surface area contributed by atoms with Crippen molar-refractivity contribution in [3.63, 3.8) is 0 Å². The van der Waals surface area contributed by atoms with Crippen LogP contribution in [0.4, 0.5) is 20.6 Å². The number of likely N-dealkylation sites (tertiary alicyclic amines) is 1. The molecule has 3 aromatic carbocycles. The largest absolute Gasteiger partial charge is 0.495 e. The van der Waals surface area contributed by atoms with Gasteiger partial charge in [-0.1, -0.05) is 30.0 Å². The summed E-state index contributed by atoms with van der Waals surface area (Å²) in [6.45, 7) is 0.569. The van der Waals surface area contributed by atoms with Gasteiger partial charge < -0.3 is 25.0 Å². The number of halogens is 1. The molecule has 2 N–H and O–H groups in total. The van der Waals surface area contributed by atoms with E-state index < -0.39 is 0 Å². The van der Waals surface area contributed by atoms with E-state index in [1.807, 2.05) is 48.3 Å². The quantitative estimate of drug-likeness (QED) is 0.531. The monoisotopic (exact) mass is 485 g/mol. The van der Waals surface area contributed by atoms with Crippen molar-refractivity contribution in [1.82, 2.24) is 4.90 Å². The lowest BCUT2D eigenvalue weighted by Crippen LogP contribution is -2.48. The van der Waals surface area contributed by atoms with Gasteiger partial charge in [-0.2, -0.15) is 0 Å². The molecule has 3 atom stereocenters. The lowest BCUT2D eigenvalue weighted by atomic mass is 9.81. The first-order valence-electron chi connectivity index (χ1n) is 12.0. The maximum absolute atomic E-state index is 13.6. The molecule has 0 aliphatic carbocycles. The Hall–Kier alpha value is -4.02. The van der Waals surface area contributed by atoms with Gasteiger partial charge in [-0.3, -0.25) is 0 Å². The zero-order valence-electron chi connectivity index (χ0n) is 20.2. The van der Waals surface area contributed by atoms with Crippen LogP contribution in [0.3, 0.4) is 0 Å². The minimum absolute atomic E-state index is 0.000200. The predicted octanol–water partition coefficient (Wildman–Crippen LogP) is 4.64. The highest BCUT2D eigenvalue weighted by Crippen LogP contribution is 2.48. The fraction of sp³-hybridized carbons (Fsp3) is 0.276. The summed E-state index contributed by atoms with van der Waals surface area (Å²) in [6.07, 6.45) is 0.776. The lowest BCUT2D eigenvalue weighted by Gasteiger charge is -2.44. The van der Waals surface area contributed by atoms with Crippen LogP contribution in [-0.4, -0.2) is 49.4 Å². The number of ether oxygens (including phenoxy) is 1. The standard InChI is InChI=1S/C29H28FN3O3/c1-32-25-13-12-20(11-10-19-6-5-7-21(30)16-19)17-23(25)28-22(26(32)18-34)14-15-33(28)29(35)31-24-8-3-4-9-27(24)36-2/h3-9,12-13,16-17,22,26,28,34H,14-15,18H2,1-2H3,(H,31,35)/t22-,26+,28-/m0/s1. The number of aliphatic hydroxyl groups excluding tert-OH is 1. The van der Waals surface area contributed by atoms with Crippen LogP contribution in [0.2, 0.25) is 0 Å². The number of para-hydroxylation sites is 2. The number of fused-ring (bicyclic) bond motifs is 3. The van der Waals surface area contributed by atoms with Gasteiger partial charge in [0.15, 0.2) is 0 Å². The molecule has 7 heteroatoms. The van der Waals surface area contributed by atoms with Gasteiger partial charge in [0.05, 0.1) is 31.5 Å². The number of urea groups is 1. The van der Waals surface area contributed by atoms with E-state index in [1.54, 1.807) is 25.3 Å². The van der Waals surface area contributed by atoms with Gasteiger partial charge in [0.2, 0.25) is 0 Å². The Kier molecular flexibility index (Phi) is 6.53. The molecule has 2 aliphatic heterocycles. The van der Waals surface area contributed by atoms with Crippen molar-refractivity contribution in [1.29, 1.82) is 0 Å². The topological polar surface area (TPSA) is 65.0 Å². The van der Waals surface area contributed by atoms with Crippen molar-refractivity contribution in [3.8, 4) is 17.6 Å². The normalized spacial score (nSPS) is 20.2. The molecule has 3 aromatic rings. The van der Waals surface area contributed by atoms with Crippen LogP contribution in [0.15, 0.2) is 66.7 Å². The summed E-state index contributed by atoms with van der Waals surface area (Å²) in [7, 11) is 3.55. The number of nitrogens with zero attached hydrogens (tertiary/aromatic N) is 2. The Morgan fingerprint density at radius 1 is 1.11 bits per heavy atom. The molecule has 0 radical (unpaired) electrons. The highest BCUT2D eigenvalue weighted by molar-refractivity contribution is 5.91. The van der Waals surface area contributed by atoms with E-state index in [1.165, 1.54) is 12.1 Å². The minimum Gasteiger partial charge on any atom is -0.495 e. The van der Waals surface area contributed by atoms with Crippen LogP contribution in [0.5, 0.6) is 5.75 Å². The number of aliphatic hydroxyl groups is 1. The number of carbonyl (C=O) groups excluding carboxylic acids is 1. The molecule has 184 valence electrons. The Bertz CT molecular complexity index is 1350. The number of anilines is 2. The van der Waals surface area contributed by atoms with E-state index in [-0.39, 0.29) is 36.5 Å². The van der Waals surface area contributed by atoms with E-state index in [2.05, 4.69) is 22.1 Å². The third-order valence-corrected chi connectivity index (χ3v) is 7.13. The van der Waals surface area contributed by atoms with E-state index in [4.69, 9.17) is 4.74 Å². The number of likely N-dealkylation sites (N-methyl/N-ethyl adjacent to an activating group) is 1. The molecule has 0 unspecified atom stereocenters. The Labute approximate surface area is 210 Å². The summed E-state index contributed by atoms with van der Waals surface area (Å²) >= 11 is 0. The Balaban J connectivity index is 1.50. The van der Waals surface area contributed by atoms with Crippen molar-refractivity contribution in [3.05, 3.63) is 89.2 Å². The van der Waals surface area contributed by atoms with Crippen molar-refractivity contribution < 1.29 is 19.0 Å². The minimum atomic E-state index is -0.325. The van der Waals surface area contributed by atoms with Crippen LogP contribution >= 0.6 is 0 Å². The summed E-state index contributed by atoms with van der Waals surface area (Å²) in [6, 6.07) is 18.9. The molecule has 0 saturated carbocycles. The Morgan fingerprint density at radius 2 is 1.89 bits per heavy atom. The van der Waals surface area contributed by atoms with E-state index in [0.717, 1.165) is 23.2 Å². The molecule has 5 rings (SSSR count). The lowest BCUT2D eigenvalue weighted by molar-refractivity contribution is 0.168. The zero-order valence-corrected chi connectivity index (χ0v) is 20.2. The average molecular weight is 486 g/mol. The highest BCUT2D eigenvalue weighted by Gasteiger charge is 2.47. The number of hydrogen-bond acceptors (Lipinski definition) is 4. The maximum atomic E-state index is 13.6. The molecule has 0 bridgehead atoms. The molecule has 2 amide bonds. The molecule has 1 fully saturated rings. The second-order valence-corrected chi connectivity index (χ2v) is 9.12. The number of nitrogens with one attached hydrogen (secondary N) is 1. The summed E-state index contributed by atoms with van der Waals surface area (Å²) in [5.74, 6) is 6.50. The number of methoxy groups -OCH3 is 1. The van der Waals surface area contributed by atoms with Gasteiger partial charge in [-0.05, 0) is 60.5 Å². The van der Waals surface area contributed by atoms with Gasteiger partial charge in [0.1, 0.15) is 11.6 Å². The molecular formula is C29H28FN3O3. The second-order valence-electron chi connectivity index (χ2n) is 9.12. The number of amides is 2. The summed E-state index contributed by atoms with van der Waals surface area (Å²) in [5.41, 5.74) is 3.94. The first-order chi connectivity index (χ1) is 17.5. The van der Waals surface area contributed by atoms with Crippen LogP contribution < -0.4 is 15.0 Å². The SMILES string of the molecule is COc1ccccc1NC(=O)N1CC[C@@H]2[C@H]1c1cc(C#Cc3cccc(F)c3)ccc1N(C)[C@@H]2CO. The average Bonchev–Trinajstić information content (AvgIpc) is 3.33. The van der Waals surface area contributed by atoms with Gasteiger partial charge in [-0.25, -0.2) is 9.18 Å². The van der Waals surface area contributed by atoms with Crippen LogP contribution in [0, 0.1) is 23.6 Å². The molecule has 2 aliphatic rings. The third-order valence-electron chi connectivity index (χ3n) is 7.13. The fourth-order valence-corrected chi connectivity index (χ4v) is 5.41. The first kappa shape index (κ1) is 23.7. The van der Waals surface area contributed by atoms with Crippen molar-refractivity contribution in [2.24, 2.45) is 5.92 Å². The highest BCUT2D eigenvalue weighted by atomic mass is 19.1. The number of rotatable bonds is 3. The summed E-state index contributed by atoms with van der Waals surface area (Å²) < 4.78 is 19.0. The van der Waals surface area contributed by atoms with E-state index >= 15 is 0 Å². The number of carbonyl (C=O) groups is 1. The van der Waals surface area contributed by atoms with Gasteiger partial charge in [0, 0.05) is 36.3 Å². The molecule has 2 heterocycles. The van der Waals surface area contributed by atoms with Crippen molar-refractivity contribution >= 4 is 17.4 Å². The molecular weight excluding hydrogens is 457 g/mol. The summed E-state index contributed by atoms with van der Waals surface area (Å²) in [5, 5.41) is 13.2. The van der Waals surface area contributed by atoms with Gasteiger partial charge in [-0.15, -0.1) is 0 Å². The predicted molar refractivity (Wildman–Crippen MR) is 138 cm³/mol. The third kappa shape index (κ3) is 4.36. The second kappa shape index (κ2) is 9.92. The van der Waals surface area contributed by atoms with E-state index in [0.29, 0.717) is 23.5 Å². The van der Waals surface area contributed by atoms with Crippen molar-refractivity contribution in [2.75, 3.05) is 37.5 Å². The molecule has 0 spiro atoms. The van der Waals surface area contributed by atoms with Gasteiger partial charge >= 0.3 is 6.03 Å². The smallest absolute Gasteiger partial charge is 0.322 e. The first-order valence-corrected chi connectivity index (χ1v) is 12.0. The van der Waals surface area contributed by atoms with Gasteiger partial charge in [0.25, 0.3) is 0 Å². The van der Waals surface area contributed by atoms with Crippen LogP contribution in [-0.2, 0) is 0 Å². The Morgan fingerprint density at radius 3 is 2.64 bits per heavy atom. The van der Waals surface area contributed by atoms with E-state index in [9.17, 15) is 14.3 Å². The number of hydrogen-bond donors (Lipinski definition) is 2. The molecule has 0 aromatic heterocycles.